The Morgan fingerprint density at radius 2 is 2.30 bits per heavy atom. The topological polar surface area (TPSA) is 66.0 Å². The molecule has 1 aromatic heterocycles. The first-order valence-electron chi connectivity index (χ1n) is 6.20. The molecule has 0 bridgehead atoms. The molecule has 1 aromatic carbocycles. The van der Waals surface area contributed by atoms with Gasteiger partial charge in [0, 0.05) is 12.1 Å². The van der Waals surface area contributed by atoms with Crippen LogP contribution in [0.25, 0.3) is 0 Å². The molecule has 0 fully saturated rings. The first-order valence-corrected chi connectivity index (χ1v) is 6.61. The Kier molecular flexibility index (Phi) is 4.62. The maximum absolute atomic E-state index is 13.8. The molecule has 0 aliphatic carbocycles. The van der Waals surface area contributed by atoms with Crippen LogP contribution in [0.2, 0.25) is 0 Å². The monoisotopic (exact) mass is 294 g/mol. The maximum Gasteiger partial charge on any atom is 0.165 e. The van der Waals surface area contributed by atoms with Crippen molar-refractivity contribution in [3.8, 4) is 5.75 Å². The van der Waals surface area contributed by atoms with E-state index in [-0.39, 0.29) is 17.3 Å². The van der Waals surface area contributed by atoms with Crippen LogP contribution in [0.5, 0.6) is 5.75 Å². The van der Waals surface area contributed by atoms with Crippen molar-refractivity contribution >= 4 is 17.2 Å². The zero-order chi connectivity index (χ0) is 14.5. The zero-order valence-electron chi connectivity index (χ0n) is 11.0. The summed E-state index contributed by atoms with van der Waals surface area (Å²) in [6.45, 7) is 2.95. The van der Waals surface area contributed by atoms with Gasteiger partial charge in [-0.15, -0.1) is 0 Å². The van der Waals surface area contributed by atoms with Gasteiger partial charge in [0.05, 0.1) is 0 Å². The van der Waals surface area contributed by atoms with E-state index in [0.717, 1.165) is 13.0 Å². The minimum Gasteiger partial charge on any atom is -0.483 e. The van der Waals surface area contributed by atoms with Gasteiger partial charge in [0.2, 0.25) is 0 Å². The summed E-state index contributed by atoms with van der Waals surface area (Å²) in [5, 5.41) is 4.08. The predicted molar refractivity (Wildman–Crippen MR) is 76.9 cm³/mol. The van der Waals surface area contributed by atoms with Gasteiger partial charge in [-0.25, -0.2) is 14.1 Å². The maximum atomic E-state index is 13.8. The first kappa shape index (κ1) is 14.4. The van der Waals surface area contributed by atoms with Crippen LogP contribution in [0.3, 0.4) is 0 Å². The highest BCUT2D eigenvalue weighted by Gasteiger charge is 2.09. The molecule has 2 rings (SSSR count). The summed E-state index contributed by atoms with van der Waals surface area (Å²) in [5.41, 5.74) is 5.91. The minimum atomic E-state index is -0.503. The van der Waals surface area contributed by atoms with Crippen molar-refractivity contribution in [1.82, 2.24) is 14.8 Å². The van der Waals surface area contributed by atoms with Crippen LogP contribution in [0.1, 0.15) is 24.7 Å². The van der Waals surface area contributed by atoms with E-state index in [1.165, 1.54) is 18.5 Å². The van der Waals surface area contributed by atoms with E-state index in [9.17, 15) is 4.39 Å². The van der Waals surface area contributed by atoms with E-state index in [0.29, 0.717) is 11.4 Å². The lowest BCUT2D eigenvalue weighted by atomic mass is 10.2. The van der Waals surface area contributed by atoms with Crippen LogP contribution in [-0.4, -0.2) is 19.8 Å². The van der Waals surface area contributed by atoms with Gasteiger partial charge in [-0.05, 0) is 24.6 Å². The second kappa shape index (κ2) is 6.42. The third-order valence-electron chi connectivity index (χ3n) is 2.70. The predicted octanol–water partition coefficient (Wildman–Crippen LogP) is 2.04. The average Bonchev–Trinajstić information content (AvgIpc) is 2.85. The Morgan fingerprint density at radius 3 is 2.95 bits per heavy atom. The molecule has 0 saturated carbocycles. The molecular formula is C13H15FN4OS. The molecule has 0 spiro atoms. The third kappa shape index (κ3) is 3.30. The van der Waals surface area contributed by atoms with Gasteiger partial charge in [0.15, 0.2) is 17.4 Å². The summed E-state index contributed by atoms with van der Waals surface area (Å²) in [6, 6.07) is 4.39. The molecule has 0 atom stereocenters. The zero-order valence-corrected chi connectivity index (χ0v) is 11.9. The Labute approximate surface area is 121 Å². The molecule has 0 unspecified atom stereocenters. The summed E-state index contributed by atoms with van der Waals surface area (Å²) in [5.74, 6) is 0.289. The molecule has 0 saturated heterocycles. The lowest BCUT2D eigenvalue weighted by Crippen LogP contribution is -2.11. The van der Waals surface area contributed by atoms with Crippen LogP contribution in [-0.2, 0) is 13.2 Å². The van der Waals surface area contributed by atoms with Gasteiger partial charge in [-0.3, -0.25) is 0 Å². The molecule has 2 N–H and O–H groups in total. The first-order chi connectivity index (χ1) is 9.61. The average molecular weight is 294 g/mol. The summed E-state index contributed by atoms with van der Waals surface area (Å²) in [4.78, 5) is 4.24. The molecule has 0 radical (unpaired) electrons. The van der Waals surface area contributed by atoms with E-state index in [1.807, 2.05) is 6.92 Å². The van der Waals surface area contributed by atoms with E-state index in [1.54, 1.807) is 10.7 Å². The number of aromatic nitrogens is 3. The molecule has 5 nitrogen and oxygen atoms in total. The van der Waals surface area contributed by atoms with Gasteiger partial charge in [-0.2, -0.15) is 5.10 Å². The Hall–Kier alpha value is -2.02. The molecule has 7 heteroatoms. The normalized spacial score (nSPS) is 10.5. The number of thiocarbonyl (C=S) groups is 1. The number of hydrogen-bond acceptors (Lipinski definition) is 4. The number of rotatable bonds is 6. The van der Waals surface area contributed by atoms with Gasteiger partial charge in [0.25, 0.3) is 0 Å². The van der Waals surface area contributed by atoms with Gasteiger partial charge in [0.1, 0.15) is 17.9 Å². The standard InChI is InChI=1S/C13H15FN4OS/c1-2-5-18-12(16-8-17-18)7-19-11-4-3-9(13(15)20)6-10(11)14/h3-4,6,8H,2,5,7H2,1H3,(H2,15,20). The van der Waals surface area contributed by atoms with E-state index in [2.05, 4.69) is 10.1 Å². The van der Waals surface area contributed by atoms with Crippen LogP contribution >= 0.6 is 12.2 Å². The highest BCUT2D eigenvalue weighted by atomic mass is 32.1. The van der Waals surface area contributed by atoms with Crippen molar-refractivity contribution in [1.29, 1.82) is 0 Å². The fraction of sp³-hybridized carbons (Fsp3) is 0.308. The SMILES string of the molecule is CCCn1ncnc1COc1ccc(C(N)=S)cc1F. The Morgan fingerprint density at radius 1 is 1.50 bits per heavy atom. The van der Waals surface area contributed by atoms with Crippen molar-refractivity contribution in [2.45, 2.75) is 26.5 Å². The van der Waals surface area contributed by atoms with Crippen molar-refractivity contribution < 1.29 is 9.13 Å². The number of ether oxygens (including phenoxy) is 1. The van der Waals surface area contributed by atoms with Crippen LogP contribution in [0.15, 0.2) is 24.5 Å². The van der Waals surface area contributed by atoms with Crippen molar-refractivity contribution in [3.63, 3.8) is 0 Å². The van der Waals surface area contributed by atoms with Crippen molar-refractivity contribution in [3.05, 3.63) is 41.7 Å². The summed E-state index contributed by atoms with van der Waals surface area (Å²) in [7, 11) is 0. The fourth-order valence-electron chi connectivity index (χ4n) is 1.71. The molecule has 0 aliphatic heterocycles. The summed E-state index contributed by atoms with van der Waals surface area (Å²) in [6.07, 6.45) is 2.40. The molecule has 2 aromatic rings. The quantitative estimate of drug-likeness (QED) is 0.826. The molecular weight excluding hydrogens is 279 g/mol. The fourth-order valence-corrected chi connectivity index (χ4v) is 1.84. The van der Waals surface area contributed by atoms with E-state index >= 15 is 0 Å². The van der Waals surface area contributed by atoms with Crippen LogP contribution in [0.4, 0.5) is 4.39 Å². The second-order valence-electron chi connectivity index (χ2n) is 4.20. The largest absolute Gasteiger partial charge is 0.483 e. The van der Waals surface area contributed by atoms with E-state index < -0.39 is 5.82 Å². The molecule has 20 heavy (non-hydrogen) atoms. The van der Waals surface area contributed by atoms with Gasteiger partial charge < -0.3 is 10.5 Å². The van der Waals surface area contributed by atoms with Crippen molar-refractivity contribution in [2.24, 2.45) is 5.73 Å². The lowest BCUT2D eigenvalue weighted by Gasteiger charge is -2.09. The molecule has 1 heterocycles. The number of aryl methyl sites for hydroxylation is 1. The third-order valence-corrected chi connectivity index (χ3v) is 2.94. The highest BCUT2D eigenvalue weighted by molar-refractivity contribution is 7.80. The number of halogens is 1. The summed E-state index contributed by atoms with van der Waals surface area (Å²) < 4.78 is 21.0. The second-order valence-corrected chi connectivity index (χ2v) is 4.64. The smallest absolute Gasteiger partial charge is 0.165 e. The van der Waals surface area contributed by atoms with Crippen LogP contribution < -0.4 is 10.5 Å². The van der Waals surface area contributed by atoms with Crippen LogP contribution in [0, 0.1) is 5.82 Å². The highest BCUT2D eigenvalue weighted by Crippen LogP contribution is 2.19. The van der Waals surface area contributed by atoms with Gasteiger partial charge in [-0.1, -0.05) is 19.1 Å². The molecule has 0 aliphatic rings. The summed E-state index contributed by atoms with van der Waals surface area (Å²) >= 11 is 4.79. The number of nitrogens with two attached hydrogens (primary N) is 1. The number of benzene rings is 1. The molecule has 0 amide bonds. The van der Waals surface area contributed by atoms with Gasteiger partial charge >= 0.3 is 0 Å². The Balaban J connectivity index is 2.07. The number of nitrogens with zero attached hydrogens (tertiary/aromatic N) is 3. The molecule has 106 valence electrons. The Bertz CT molecular complexity index is 614. The number of hydrogen-bond donors (Lipinski definition) is 1. The minimum absolute atomic E-state index is 0.135. The van der Waals surface area contributed by atoms with E-state index in [4.69, 9.17) is 22.7 Å². The lowest BCUT2D eigenvalue weighted by molar-refractivity contribution is 0.272. The van der Waals surface area contributed by atoms with Crippen molar-refractivity contribution in [2.75, 3.05) is 0 Å².